The monoisotopic (exact) mass is 348 g/mol. The number of benzene rings is 1. The fourth-order valence-electron chi connectivity index (χ4n) is 3.14. The van der Waals surface area contributed by atoms with Crippen molar-refractivity contribution in [3.8, 4) is 11.5 Å². The number of nitrogens with one attached hydrogen (secondary N) is 1. The fourth-order valence-corrected chi connectivity index (χ4v) is 3.14. The minimum absolute atomic E-state index is 0.0349. The summed E-state index contributed by atoms with van der Waals surface area (Å²) in [5, 5.41) is 3.16. The van der Waals surface area contributed by atoms with Gasteiger partial charge in [0, 0.05) is 24.7 Å². The van der Waals surface area contributed by atoms with E-state index in [9.17, 15) is 4.79 Å². The molecule has 140 valence electrons. The highest BCUT2D eigenvalue weighted by Crippen LogP contribution is 2.28. The molecule has 1 amide bonds. The molecule has 0 spiro atoms. The number of hydrogen-bond acceptors (Lipinski definition) is 4. The van der Waals surface area contributed by atoms with Crippen LogP contribution in [-0.4, -0.2) is 50.2 Å². The Bertz CT molecular complexity index is 540. The largest absolute Gasteiger partial charge is 0.493 e. The summed E-state index contributed by atoms with van der Waals surface area (Å²) in [4.78, 5) is 15.0. The number of rotatable bonds is 9. The van der Waals surface area contributed by atoms with Gasteiger partial charge in [-0.3, -0.25) is 4.79 Å². The van der Waals surface area contributed by atoms with Crippen LogP contribution in [0, 0.1) is 0 Å². The highest BCUT2D eigenvalue weighted by atomic mass is 16.5. The minimum atomic E-state index is -0.0349. The zero-order chi connectivity index (χ0) is 18.1. The Balaban J connectivity index is 1.91. The van der Waals surface area contributed by atoms with Crippen molar-refractivity contribution in [1.29, 1.82) is 0 Å². The highest BCUT2D eigenvalue weighted by Gasteiger charge is 2.21. The van der Waals surface area contributed by atoms with Crippen molar-refractivity contribution in [3.05, 3.63) is 23.8 Å². The maximum absolute atomic E-state index is 12.5. The number of amides is 1. The molecule has 1 saturated heterocycles. The third-order valence-corrected chi connectivity index (χ3v) is 4.64. The second kappa shape index (κ2) is 10.3. The van der Waals surface area contributed by atoms with Gasteiger partial charge in [-0.2, -0.15) is 0 Å². The van der Waals surface area contributed by atoms with Gasteiger partial charge in [0.05, 0.1) is 13.7 Å². The number of hydrogen-bond donors (Lipinski definition) is 1. The van der Waals surface area contributed by atoms with Gasteiger partial charge in [0.2, 0.25) is 0 Å². The maximum atomic E-state index is 12.5. The first kappa shape index (κ1) is 19.6. The summed E-state index contributed by atoms with van der Waals surface area (Å²) in [7, 11) is 1.60. The molecule has 5 heteroatoms. The van der Waals surface area contributed by atoms with Crippen LogP contribution in [0.25, 0.3) is 0 Å². The molecular weight excluding hydrogens is 316 g/mol. The van der Waals surface area contributed by atoms with Crippen molar-refractivity contribution in [2.45, 2.75) is 52.0 Å². The van der Waals surface area contributed by atoms with E-state index in [0.717, 1.165) is 45.3 Å². The minimum Gasteiger partial charge on any atom is -0.493 e. The van der Waals surface area contributed by atoms with Crippen molar-refractivity contribution >= 4 is 5.91 Å². The smallest absolute Gasteiger partial charge is 0.251 e. The fraction of sp³-hybridized carbons (Fsp3) is 0.650. The third-order valence-electron chi connectivity index (χ3n) is 4.64. The quantitative estimate of drug-likeness (QED) is 0.694. The molecule has 1 fully saturated rings. The lowest BCUT2D eigenvalue weighted by Gasteiger charge is -2.32. The Hall–Kier alpha value is -1.75. The Kier molecular flexibility index (Phi) is 8.06. The van der Waals surface area contributed by atoms with Crippen LogP contribution in [0.4, 0.5) is 0 Å². The number of piperidine rings is 1. The number of ether oxygens (including phenoxy) is 2. The molecule has 1 aromatic carbocycles. The van der Waals surface area contributed by atoms with E-state index >= 15 is 0 Å². The molecule has 2 rings (SSSR count). The zero-order valence-corrected chi connectivity index (χ0v) is 15.8. The van der Waals surface area contributed by atoms with Crippen LogP contribution < -0.4 is 14.8 Å². The molecule has 0 saturated carbocycles. The first-order chi connectivity index (χ1) is 12.2. The summed E-state index contributed by atoms with van der Waals surface area (Å²) in [6.07, 6.45) is 5.30. The first-order valence-corrected chi connectivity index (χ1v) is 9.52. The van der Waals surface area contributed by atoms with Gasteiger partial charge in [-0.15, -0.1) is 0 Å². The van der Waals surface area contributed by atoms with E-state index in [0.29, 0.717) is 23.7 Å². The molecule has 1 aliphatic heterocycles. The normalized spacial score (nSPS) is 15.8. The van der Waals surface area contributed by atoms with E-state index < -0.39 is 0 Å². The van der Waals surface area contributed by atoms with Crippen LogP contribution in [-0.2, 0) is 0 Å². The van der Waals surface area contributed by atoms with Gasteiger partial charge < -0.3 is 19.7 Å². The lowest BCUT2D eigenvalue weighted by atomic mass is 10.0. The van der Waals surface area contributed by atoms with E-state index in [1.54, 1.807) is 13.2 Å². The molecule has 1 N–H and O–H groups in total. The number of unbranched alkanes of at least 4 members (excludes halogenated alkanes) is 1. The molecule has 5 nitrogen and oxygen atoms in total. The van der Waals surface area contributed by atoms with Crippen molar-refractivity contribution < 1.29 is 14.3 Å². The number of carbonyl (C=O) groups is 1. The van der Waals surface area contributed by atoms with Gasteiger partial charge in [-0.25, -0.2) is 0 Å². The number of nitrogens with zero attached hydrogens (tertiary/aromatic N) is 1. The van der Waals surface area contributed by atoms with Crippen molar-refractivity contribution in [3.63, 3.8) is 0 Å². The standard InChI is InChI=1S/C20H32N2O3/c1-4-6-14-25-18-8-7-16(15-19(18)24-3)20(23)21-17-9-12-22(11-5-2)13-10-17/h7-8,15,17H,4-6,9-14H2,1-3H3,(H,21,23). The topological polar surface area (TPSA) is 50.8 Å². The number of likely N-dealkylation sites (tertiary alicyclic amines) is 1. The van der Waals surface area contributed by atoms with E-state index in [1.807, 2.05) is 12.1 Å². The molecule has 0 aliphatic carbocycles. The Morgan fingerprint density at radius 3 is 2.60 bits per heavy atom. The summed E-state index contributed by atoms with van der Waals surface area (Å²) in [5.74, 6) is 1.27. The molecule has 1 aromatic rings. The van der Waals surface area contributed by atoms with Crippen molar-refractivity contribution in [2.75, 3.05) is 33.4 Å². The maximum Gasteiger partial charge on any atom is 0.251 e. The average Bonchev–Trinajstić information content (AvgIpc) is 2.64. The Morgan fingerprint density at radius 2 is 1.96 bits per heavy atom. The summed E-state index contributed by atoms with van der Waals surface area (Å²) in [6.45, 7) is 8.27. The Labute approximate surface area is 151 Å². The van der Waals surface area contributed by atoms with Crippen molar-refractivity contribution in [1.82, 2.24) is 10.2 Å². The van der Waals surface area contributed by atoms with Crippen LogP contribution in [0.15, 0.2) is 18.2 Å². The Morgan fingerprint density at radius 1 is 1.20 bits per heavy atom. The third kappa shape index (κ3) is 5.92. The first-order valence-electron chi connectivity index (χ1n) is 9.52. The number of carbonyl (C=O) groups excluding carboxylic acids is 1. The van der Waals surface area contributed by atoms with Gasteiger partial charge in [-0.05, 0) is 50.4 Å². The van der Waals surface area contributed by atoms with Gasteiger partial charge in [0.25, 0.3) is 5.91 Å². The van der Waals surface area contributed by atoms with E-state index in [1.165, 1.54) is 6.42 Å². The molecule has 25 heavy (non-hydrogen) atoms. The van der Waals surface area contributed by atoms with Gasteiger partial charge in [0.15, 0.2) is 11.5 Å². The molecule has 0 radical (unpaired) electrons. The molecule has 0 atom stereocenters. The predicted octanol–water partition coefficient (Wildman–Crippen LogP) is 3.48. The van der Waals surface area contributed by atoms with Gasteiger partial charge >= 0.3 is 0 Å². The van der Waals surface area contributed by atoms with Gasteiger partial charge in [0.1, 0.15) is 0 Å². The van der Waals surface area contributed by atoms with Crippen LogP contribution in [0.5, 0.6) is 11.5 Å². The summed E-state index contributed by atoms with van der Waals surface area (Å²) < 4.78 is 11.1. The summed E-state index contributed by atoms with van der Waals surface area (Å²) in [6, 6.07) is 5.66. The lowest BCUT2D eigenvalue weighted by Crippen LogP contribution is -2.44. The molecule has 0 unspecified atom stereocenters. The molecular formula is C20H32N2O3. The van der Waals surface area contributed by atoms with E-state index in [-0.39, 0.29) is 11.9 Å². The zero-order valence-electron chi connectivity index (χ0n) is 15.8. The van der Waals surface area contributed by atoms with Crippen molar-refractivity contribution in [2.24, 2.45) is 0 Å². The molecule has 1 aliphatic rings. The average molecular weight is 348 g/mol. The second-order valence-electron chi connectivity index (χ2n) is 6.66. The molecule has 0 bridgehead atoms. The lowest BCUT2D eigenvalue weighted by molar-refractivity contribution is 0.0910. The molecule has 1 heterocycles. The van der Waals surface area contributed by atoms with Crippen LogP contribution in [0.3, 0.4) is 0 Å². The van der Waals surface area contributed by atoms with Crippen LogP contribution in [0.1, 0.15) is 56.3 Å². The van der Waals surface area contributed by atoms with E-state index in [4.69, 9.17) is 9.47 Å². The highest BCUT2D eigenvalue weighted by molar-refractivity contribution is 5.95. The molecule has 0 aromatic heterocycles. The van der Waals surface area contributed by atoms with Crippen LogP contribution in [0.2, 0.25) is 0 Å². The second-order valence-corrected chi connectivity index (χ2v) is 6.66. The summed E-state index contributed by atoms with van der Waals surface area (Å²) in [5.41, 5.74) is 0.621. The summed E-state index contributed by atoms with van der Waals surface area (Å²) >= 11 is 0. The predicted molar refractivity (Wildman–Crippen MR) is 101 cm³/mol. The van der Waals surface area contributed by atoms with Crippen LogP contribution >= 0.6 is 0 Å². The van der Waals surface area contributed by atoms with Gasteiger partial charge in [-0.1, -0.05) is 20.3 Å². The SMILES string of the molecule is CCCCOc1ccc(C(=O)NC2CCN(CCC)CC2)cc1OC. The number of methoxy groups -OCH3 is 1. The van der Waals surface area contributed by atoms with E-state index in [2.05, 4.69) is 24.1 Å².